The fraction of sp³-hybridized carbons (Fsp3) is 0.143. The molecule has 2 rings (SSSR count). The summed E-state index contributed by atoms with van der Waals surface area (Å²) in [7, 11) is 0. The van der Waals surface area contributed by atoms with Gasteiger partial charge in [0.1, 0.15) is 11.6 Å². The van der Waals surface area contributed by atoms with E-state index in [9.17, 15) is 13.9 Å². The van der Waals surface area contributed by atoms with Crippen LogP contribution in [-0.4, -0.2) is 5.11 Å². The zero-order valence-electron chi connectivity index (χ0n) is 10.0. The van der Waals surface area contributed by atoms with Gasteiger partial charge in [0.2, 0.25) is 0 Å². The quantitative estimate of drug-likeness (QED) is 0.894. The van der Waals surface area contributed by atoms with Crippen LogP contribution < -0.4 is 4.74 Å². The van der Waals surface area contributed by atoms with Crippen molar-refractivity contribution in [2.75, 3.05) is 0 Å². The van der Waals surface area contributed by atoms with E-state index in [-0.39, 0.29) is 5.75 Å². The minimum atomic E-state index is -0.749. The monoisotopic (exact) mass is 328 g/mol. The Bertz CT molecular complexity index is 600. The number of benzene rings is 2. The van der Waals surface area contributed by atoms with Crippen molar-refractivity contribution in [1.29, 1.82) is 0 Å². The Kier molecular flexibility index (Phi) is 4.17. The molecule has 100 valence electrons. The van der Waals surface area contributed by atoms with Crippen molar-refractivity contribution in [1.82, 2.24) is 0 Å². The molecule has 1 atom stereocenters. The molecule has 2 nitrogen and oxygen atoms in total. The lowest BCUT2D eigenvalue weighted by Crippen LogP contribution is -1.95. The summed E-state index contributed by atoms with van der Waals surface area (Å²) in [6.07, 6.45) is -0.749. The molecule has 1 N–H and O–H groups in total. The summed E-state index contributed by atoms with van der Waals surface area (Å²) < 4.78 is 32.5. The van der Waals surface area contributed by atoms with Gasteiger partial charge in [-0.05, 0) is 58.7 Å². The lowest BCUT2D eigenvalue weighted by Gasteiger charge is -2.11. The Morgan fingerprint density at radius 3 is 2.37 bits per heavy atom. The number of halogens is 3. The normalized spacial score (nSPS) is 12.3. The second kappa shape index (κ2) is 5.67. The average Bonchev–Trinajstić information content (AvgIpc) is 2.34. The molecule has 0 aliphatic carbocycles. The number of rotatable bonds is 3. The molecule has 5 heteroatoms. The Hall–Kier alpha value is -1.46. The maximum atomic E-state index is 13.8. The van der Waals surface area contributed by atoms with Gasteiger partial charge in [-0.2, -0.15) is 0 Å². The molecule has 0 saturated carbocycles. The minimum Gasteiger partial charge on any atom is -0.453 e. The molecule has 0 fully saturated rings. The molecule has 0 unspecified atom stereocenters. The zero-order valence-corrected chi connectivity index (χ0v) is 11.6. The molecule has 0 saturated heterocycles. The molecule has 0 bridgehead atoms. The molecule has 0 heterocycles. The van der Waals surface area contributed by atoms with Gasteiger partial charge in [-0.25, -0.2) is 8.78 Å². The summed E-state index contributed by atoms with van der Waals surface area (Å²) in [4.78, 5) is 0. The molecule has 0 spiro atoms. The minimum absolute atomic E-state index is 0.0108. The van der Waals surface area contributed by atoms with E-state index in [1.165, 1.54) is 30.3 Å². The Morgan fingerprint density at radius 2 is 1.79 bits per heavy atom. The number of hydrogen-bond donors (Lipinski definition) is 1. The first-order chi connectivity index (χ1) is 8.97. The average molecular weight is 329 g/mol. The molecular formula is C14H11BrF2O2. The van der Waals surface area contributed by atoms with Gasteiger partial charge in [-0.15, -0.1) is 0 Å². The van der Waals surface area contributed by atoms with Gasteiger partial charge in [0.25, 0.3) is 0 Å². The van der Waals surface area contributed by atoms with Crippen molar-refractivity contribution in [3.63, 3.8) is 0 Å². The summed E-state index contributed by atoms with van der Waals surface area (Å²) in [5.41, 5.74) is 0.461. The van der Waals surface area contributed by atoms with Crippen LogP contribution in [0.15, 0.2) is 40.9 Å². The third-order valence-electron chi connectivity index (χ3n) is 2.55. The Labute approximate surface area is 117 Å². The summed E-state index contributed by atoms with van der Waals surface area (Å²) in [6, 6.07) is 8.06. The smallest absolute Gasteiger partial charge is 0.166 e. The van der Waals surface area contributed by atoms with Crippen molar-refractivity contribution in [2.24, 2.45) is 0 Å². The van der Waals surface area contributed by atoms with E-state index in [0.29, 0.717) is 15.8 Å². The van der Waals surface area contributed by atoms with Crippen LogP contribution >= 0.6 is 15.9 Å². The van der Waals surface area contributed by atoms with Crippen molar-refractivity contribution >= 4 is 15.9 Å². The SMILES string of the molecule is C[C@@H](O)c1ccc(Oc2ccc(F)cc2Br)c(F)c1. The van der Waals surface area contributed by atoms with Crippen molar-refractivity contribution < 1.29 is 18.6 Å². The van der Waals surface area contributed by atoms with E-state index in [1.807, 2.05) is 0 Å². The van der Waals surface area contributed by atoms with Crippen LogP contribution in [0.25, 0.3) is 0 Å². The van der Waals surface area contributed by atoms with Crippen molar-refractivity contribution in [2.45, 2.75) is 13.0 Å². The van der Waals surface area contributed by atoms with Crippen LogP contribution in [-0.2, 0) is 0 Å². The number of hydrogen-bond acceptors (Lipinski definition) is 2. The van der Waals surface area contributed by atoms with Crippen LogP contribution in [0.4, 0.5) is 8.78 Å². The maximum Gasteiger partial charge on any atom is 0.166 e. The van der Waals surface area contributed by atoms with E-state index >= 15 is 0 Å². The molecule has 2 aromatic rings. The Balaban J connectivity index is 2.28. The summed E-state index contributed by atoms with van der Waals surface area (Å²) in [5.74, 6) is -0.680. The summed E-state index contributed by atoms with van der Waals surface area (Å²) >= 11 is 3.14. The molecule has 0 aromatic heterocycles. The lowest BCUT2D eigenvalue weighted by molar-refractivity contribution is 0.198. The topological polar surface area (TPSA) is 29.5 Å². The van der Waals surface area contributed by atoms with Crippen LogP contribution in [0.5, 0.6) is 11.5 Å². The second-order valence-electron chi connectivity index (χ2n) is 4.04. The Morgan fingerprint density at radius 1 is 1.11 bits per heavy atom. The molecule has 0 radical (unpaired) electrons. The standard InChI is InChI=1S/C14H11BrF2O2/c1-8(18)9-2-4-14(12(17)6-9)19-13-5-3-10(16)7-11(13)15/h2-8,18H,1H3/t8-/m1/s1. The fourth-order valence-corrected chi connectivity index (χ4v) is 1.97. The van der Waals surface area contributed by atoms with Gasteiger partial charge in [-0.3, -0.25) is 0 Å². The number of aliphatic hydroxyl groups is 1. The van der Waals surface area contributed by atoms with Gasteiger partial charge >= 0.3 is 0 Å². The highest BCUT2D eigenvalue weighted by Crippen LogP contribution is 2.32. The zero-order chi connectivity index (χ0) is 14.0. The predicted octanol–water partition coefficient (Wildman–Crippen LogP) is 4.57. The maximum absolute atomic E-state index is 13.8. The first-order valence-corrected chi connectivity index (χ1v) is 6.37. The van der Waals surface area contributed by atoms with Crippen LogP contribution in [0, 0.1) is 11.6 Å². The van der Waals surface area contributed by atoms with Crippen LogP contribution in [0.2, 0.25) is 0 Å². The molecule has 2 aromatic carbocycles. The lowest BCUT2D eigenvalue weighted by atomic mass is 10.1. The van der Waals surface area contributed by atoms with Crippen LogP contribution in [0.1, 0.15) is 18.6 Å². The van der Waals surface area contributed by atoms with Gasteiger partial charge < -0.3 is 9.84 Å². The second-order valence-corrected chi connectivity index (χ2v) is 4.90. The molecule has 19 heavy (non-hydrogen) atoms. The number of aliphatic hydroxyl groups excluding tert-OH is 1. The third-order valence-corrected chi connectivity index (χ3v) is 3.17. The van der Waals surface area contributed by atoms with Gasteiger partial charge in [0.05, 0.1) is 10.6 Å². The molecule has 0 aliphatic heterocycles. The third kappa shape index (κ3) is 3.30. The molecule has 0 aliphatic rings. The highest BCUT2D eigenvalue weighted by atomic mass is 79.9. The highest BCUT2D eigenvalue weighted by Gasteiger charge is 2.10. The van der Waals surface area contributed by atoms with Gasteiger partial charge in [-0.1, -0.05) is 6.07 Å². The molecule has 0 amide bonds. The van der Waals surface area contributed by atoms with Crippen LogP contribution in [0.3, 0.4) is 0 Å². The molecular weight excluding hydrogens is 318 g/mol. The summed E-state index contributed by atoms with van der Waals surface area (Å²) in [6.45, 7) is 1.55. The predicted molar refractivity (Wildman–Crippen MR) is 71.2 cm³/mol. The van der Waals surface area contributed by atoms with Gasteiger partial charge in [0, 0.05) is 0 Å². The largest absolute Gasteiger partial charge is 0.453 e. The van der Waals surface area contributed by atoms with Crippen molar-refractivity contribution in [3.8, 4) is 11.5 Å². The van der Waals surface area contributed by atoms with Crippen molar-refractivity contribution in [3.05, 3.63) is 58.1 Å². The van der Waals surface area contributed by atoms with E-state index < -0.39 is 17.7 Å². The first kappa shape index (κ1) is 14.0. The summed E-state index contributed by atoms with van der Waals surface area (Å²) in [5, 5.41) is 9.35. The highest BCUT2D eigenvalue weighted by molar-refractivity contribution is 9.10. The first-order valence-electron chi connectivity index (χ1n) is 5.58. The van der Waals surface area contributed by atoms with E-state index in [1.54, 1.807) is 13.0 Å². The van der Waals surface area contributed by atoms with Gasteiger partial charge in [0.15, 0.2) is 11.6 Å². The van der Waals surface area contributed by atoms with E-state index in [4.69, 9.17) is 4.74 Å². The van der Waals surface area contributed by atoms with E-state index in [2.05, 4.69) is 15.9 Å². The fourth-order valence-electron chi connectivity index (χ4n) is 1.54. The van der Waals surface area contributed by atoms with E-state index in [0.717, 1.165) is 0 Å². The number of ether oxygens (including phenoxy) is 1.